The Balaban J connectivity index is 1.46. The average Bonchev–Trinajstić information content (AvgIpc) is 2.82. The number of benzene rings is 3. The van der Waals surface area contributed by atoms with E-state index >= 15 is 0 Å². The molecule has 30 heavy (non-hydrogen) atoms. The van der Waals surface area contributed by atoms with Crippen LogP contribution in [0.3, 0.4) is 0 Å². The van der Waals surface area contributed by atoms with Crippen LogP contribution in [-0.4, -0.2) is 29.0 Å². The predicted octanol–water partition coefficient (Wildman–Crippen LogP) is 4.71. The number of carbonyl (C=O) groups excluding carboxylic acids is 1. The number of nitrogens with zero attached hydrogens (tertiary/aromatic N) is 2. The summed E-state index contributed by atoms with van der Waals surface area (Å²) in [5, 5.41) is 14.6. The summed E-state index contributed by atoms with van der Waals surface area (Å²) < 4.78 is 5.22. The SMILES string of the molecule is COc1cccc(CNC(=O)CSc2nnc(-c3ccccc3)c3ccccc23)c1. The van der Waals surface area contributed by atoms with Gasteiger partial charge in [0, 0.05) is 22.9 Å². The number of hydrogen-bond acceptors (Lipinski definition) is 5. The highest BCUT2D eigenvalue weighted by Gasteiger charge is 2.12. The standard InChI is InChI=1S/C24H21N3O2S/c1-29-19-11-7-8-17(14-19)15-25-22(28)16-30-24-21-13-6-5-12-20(21)23(26-27-24)18-9-3-2-4-10-18/h2-14H,15-16H2,1H3,(H,25,28). The van der Waals surface area contributed by atoms with Gasteiger partial charge < -0.3 is 10.1 Å². The molecule has 0 unspecified atom stereocenters. The molecular weight excluding hydrogens is 394 g/mol. The monoisotopic (exact) mass is 415 g/mol. The van der Waals surface area contributed by atoms with E-state index in [4.69, 9.17) is 4.74 Å². The lowest BCUT2D eigenvalue weighted by molar-refractivity contribution is -0.118. The lowest BCUT2D eigenvalue weighted by atomic mass is 10.1. The molecule has 1 aromatic heterocycles. The van der Waals surface area contributed by atoms with E-state index in [0.717, 1.165) is 38.4 Å². The first kappa shape index (κ1) is 19.9. The number of rotatable bonds is 7. The summed E-state index contributed by atoms with van der Waals surface area (Å²) in [6, 6.07) is 25.7. The van der Waals surface area contributed by atoms with Crippen molar-refractivity contribution in [3.8, 4) is 17.0 Å². The Hall–Kier alpha value is -3.38. The molecule has 1 heterocycles. The number of carbonyl (C=O) groups is 1. The topological polar surface area (TPSA) is 64.1 Å². The van der Waals surface area contributed by atoms with Gasteiger partial charge in [0.25, 0.3) is 0 Å². The molecule has 0 aliphatic heterocycles. The van der Waals surface area contributed by atoms with E-state index in [1.807, 2.05) is 78.9 Å². The molecule has 3 aromatic carbocycles. The van der Waals surface area contributed by atoms with E-state index in [1.54, 1.807) is 7.11 Å². The van der Waals surface area contributed by atoms with E-state index in [9.17, 15) is 4.79 Å². The molecule has 0 saturated carbocycles. The molecule has 1 N–H and O–H groups in total. The zero-order chi connectivity index (χ0) is 20.8. The summed E-state index contributed by atoms with van der Waals surface area (Å²) in [5.74, 6) is 0.991. The minimum absolute atomic E-state index is 0.0548. The van der Waals surface area contributed by atoms with Gasteiger partial charge in [-0.3, -0.25) is 4.79 Å². The van der Waals surface area contributed by atoms with Crippen molar-refractivity contribution in [1.82, 2.24) is 15.5 Å². The molecule has 0 aliphatic carbocycles. The summed E-state index contributed by atoms with van der Waals surface area (Å²) in [7, 11) is 1.63. The molecule has 150 valence electrons. The average molecular weight is 416 g/mol. The molecule has 6 heteroatoms. The Morgan fingerprint density at radius 3 is 2.50 bits per heavy atom. The predicted molar refractivity (Wildman–Crippen MR) is 121 cm³/mol. The minimum Gasteiger partial charge on any atom is -0.497 e. The molecule has 1 amide bonds. The number of nitrogens with one attached hydrogen (secondary N) is 1. The highest BCUT2D eigenvalue weighted by Crippen LogP contribution is 2.31. The van der Waals surface area contributed by atoms with E-state index in [1.165, 1.54) is 11.8 Å². The Morgan fingerprint density at radius 2 is 1.70 bits per heavy atom. The van der Waals surface area contributed by atoms with Crippen LogP contribution in [0, 0.1) is 0 Å². The van der Waals surface area contributed by atoms with Crippen molar-refractivity contribution in [3.63, 3.8) is 0 Å². The van der Waals surface area contributed by atoms with Crippen molar-refractivity contribution in [2.75, 3.05) is 12.9 Å². The second-order valence-corrected chi connectivity index (χ2v) is 7.65. The fourth-order valence-corrected chi connectivity index (χ4v) is 3.97. The third-order valence-electron chi connectivity index (χ3n) is 4.66. The van der Waals surface area contributed by atoms with Crippen LogP contribution >= 0.6 is 11.8 Å². The van der Waals surface area contributed by atoms with E-state index in [-0.39, 0.29) is 11.7 Å². The number of aromatic nitrogens is 2. The normalized spacial score (nSPS) is 10.7. The zero-order valence-electron chi connectivity index (χ0n) is 16.5. The van der Waals surface area contributed by atoms with Crippen LogP contribution in [-0.2, 0) is 11.3 Å². The van der Waals surface area contributed by atoms with Gasteiger partial charge in [-0.1, -0.05) is 78.5 Å². The van der Waals surface area contributed by atoms with Gasteiger partial charge in [0.1, 0.15) is 16.5 Å². The molecule has 0 bridgehead atoms. The molecule has 0 atom stereocenters. The summed E-state index contributed by atoms with van der Waals surface area (Å²) >= 11 is 1.39. The quantitative estimate of drug-likeness (QED) is 0.443. The first-order valence-electron chi connectivity index (χ1n) is 9.58. The third-order valence-corrected chi connectivity index (χ3v) is 5.65. The van der Waals surface area contributed by atoms with E-state index < -0.39 is 0 Å². The number of ether oxygens (including phenoxy) is 1. The Bertz CT molecular complexity index is 1170. The van der Waals surface area contributed by atoms with Crippen LogP contribution in [0.15, 0.2) is 83.9 Å². The van der Waals surface area contributed by atoms with Crippen molar-refractivity contribution >= 4 is 28.4 Å². The van der Waals surface area contributed by atoms with E-state index in [2.05, 4.69) is 15.5 Å². The Labute approximate surface area is 179 Å². The number of amides is 1. The number of hydrogen-bond donors (Lipinski definition) is 1. The van der Waals surface area contributed by atoms with Crippen LogP contribution in [0.2, 0.25) is 0 Å². The molecular formula is C24H21N3O2S. The summed E-state index contributed by atoms with van der Waals surface area (Å²) in [6.45, 7) is 0.454. The van der Waals surface area contributed by atoms with Gasteiger partial charge in [-0.15, -0.1) is 10.2 Å². The maximum atomic E-state index is 12.4. The lowest BCUT2D eigenvalue weighted by Gasteiger charge is -2.10. The fourth-order valence-electron chi connectivity index (χ4n) is 3.16. The van der Waals surface area contributed by atoms with Crippen molar-refractivity contribution in [2.24, 2.45) is 0 Å². The van der Waals surface area contributed by atoms with Crippen molar-refractivity contribution in [2.45, 2.75) is 11.6 Å². The second-order valence-electron chi connectivity index (χ2n) is 6.68. The van der Waals surface area contributed by atoms with Gasteiger partial charge in [0.15, 0.2) is 0 Å². The van der Waals surface area contributed by atoms with Gasteiger partial charge in [0.2, 0.25) is 5.91 Å². The molecule has 4 aromatic rings. The maximum Gasteiger partial charge on any atom is 0.230 e. The first-order chi connectivity index (χ1) is 14.7. The molecule has 0 fully saturated rings. The fraction of sp³-hybridized carbons (Fsp3) is 0.125. The van der Waals surface area contributed by atoms with Gasteiger partial charge in [-0.05, 0) is 17.7 Å². The van der Waals surface area contributed by atoms with Crippen LogP contribution in [0.4, 0.5) is 0 Å². The molecule has 0 saturated heterocycles. The van der Waals surface area contributed by atoms with Gasteiger partial charge in [0.05, 0.1) is 12.9 Å². The van der Waals surface area contributed by atoms with Crippen molar-refractivity contribution < 1.29 is 9.53 Å². The first-order valence-corrected chi connectivity index (χ1v) is 10.6. The number of methoxy groups -OCH3 is 1. The Morgan fingerprint density at radius 1 is 0.933 bits per heavy atom. The zero-order valence-corrected chi connectivity index (χ0v) is 17.4. The number of thioether (sulfide) groups is 1. The van der Waals surface area contributed by atoms with Gasteiger partial charge >= 0.3 is 0 Å². The van der Waals surface area contributed by atoms with Crippen LogP contribution < -0.4 is 10.1 Å². The molecule has 4 rings (SSSR count). The molecule has 0 spiro atoms. The molecule has 0 radical (unpaired) electrons. The van der Waals surface area contributed by atoms with Crippen molar-refractivity contribution in [1.29, 1.82) is 0 Å². The van der Waals surface area contributed by atoms with Crippen LogP contribution in [0.5, 0.6) is 5.75 Å². The molecule has 0 aliphatic rings. The number of fused-ring (bicyclic) bond motifs is 1. The summed E-state index contributed by atoms with van der Waals surface area (Å²) in [5.41, 5.74) is 2.86. The summed E-state index contributed by atoms with van der Waals surface area (Å²) in [4.78, 5) is 12.4. The Kier molecular flexibility index (Phi) is 6.25. The summed E-state index contributed by atoms with van der Waals surface area (Å²) in [6.07, 6.45) is 0. The van der Waals surface area contributed by atoms with Crippen LogP contribution in [0.25, 0.3) is 22.0 Å². The second kappa shape index (κ2) is 9.41. The largest absolute Gasteiger partial charge is 0.497 e. The van der Waals surface area contributed by atoms with Gasteiger partial charge in [-0.2, -0.15) is 0 Å². The van der Waals surface area contributed by atoms with E-state index in [0.29, 0.717) is 6.54 Å². The van der Waals surface area contributed by atoms with Crippen molar-refractivity contribution in [3.05, 3.63) is 84.4 Å². The maximum absolute atomic E-state index is 12.4. The van der Waals surface area contributed by atoms with Crippen LogP contribution in [0.1, 0.15) is 5.56 Å². The smallest absolute Gasteiger partial charge is 0.230 e. The lowest BCUT2D eigenvalue weighted by Crippen LogP contribution is -2.24. The highest BCUT2D eigenvalue weighted by molar-refractivity contribution is 8.00. The van der Waals surface area contributed by atoms with Gasteiger partial charge in [-0.25, -0.2) is 0 Å². The minimum atomic E-state index is -0.0548. The highest BCUT2D eigenvalue weighted by atomic mass is 32.2. The third kappa shape index (κ3) is 4.60. The molecule has 5 nitrogen and oxygen atoms in total.